The standard InChI is InChI=1S/C20H17N3O3S/c1-12-5-4-6-13(9-12)10-17-19(24)23-18(21-22-20(23)27-17)14-7-8-15(25-2)16(11-14)26-3/h4-11H,1-3H3/b17-10-. The molecule has 0 aliphatic heterocycles. The highest BCUT2D eigenvalue weighted by Gasteiger charge is 2.16. The minimum Gasteiger partial charge on any atom is -0.493 e. The number of ether oxygens (including phenoxy) is 2. The Morgan fingerprint density at radius 1 is 1.04 bits per heavy atom. The molecule has 0 saturated carbocycles. The molecule has 0 fully saturated rings. The van der Waals surface area contributed by atoms with Gasteiger partial charge in [0.1, 0.15) is 0 Å². The van der Waals surface area contributed by atoms with Gasteiger partial charge in [0.15, 0.2) is 17.3 Å². The number of methoxy groups -OCH3 is 2. The van der Waals surface area contributed by atoms with Gasteiger partial charge in [0, 0.05) is 5.56 Å². The zero-order chi connectivity index (χ0) is 19.0. The normalized spacial score (nSPS) is 11.9. The van der Waals surface area contributed by atoms with Crippen LogP contribution in [0.2, 0.25) is 0 Å². The van der Waals surface area contributed by atoms with E-state index in [0.717, 1.165) is 16.7 Å². The number of thiazole rings is 1. The zero-order valence-electron chi connectivity index (χ0n) is 15.1. The SMILES string of the molecule is COc1ccc(-c2nnc3s/c(=C\c4cccc(C)c4)c(=O)n23)cc1OC. The molecular weight excluding hydrogens is 362 g/mol. The minimum absolute atomic E-state index is 0.133. The molecule has 27 heavy (non-hydrogen) atoms. The number of hydrogen-bond acceptors (Lipinski definition) is 6. The van der Waals surface area contributed by atoms with Gasteiger partial charge in [-0.05, 0) is 36.8 Å². The molecule has 7 heteroatoms. The van der Waals surface area contributed by atoms with Crippen molar-refractivity contribution in [3.8, 4) is 22.9 Å². The molecule has 0 unspecified atom stereocenters. The van der Waals surface area contributed by atoms with Crippen LogP contribution in [0, 0.1) is 6.92 Å². The van der Waals surface area contributed by atoms with E-state index in [2.05, 4.69) is 10.2 Å². The third-order valence-electron chi connectivity index (χ3n) is 4.23. The van der Waals surface area contributed by atoms with E-state index in [9.17, 15) is 4.79 Å². The quantitative estimate of drug-likeness (QED) is 0.545. The Bertz CT molecular complexity index is 1240. The van der Waals surface area contributed by atoms with Gasteiger partial charge in [-0.15, -0.1) is 10.2 Å². The van der Waals surface area contributed by atoms with E-state index in [-0.39, 0.29) is 5.56 Å². The van der Waals surface area contributed by atoms with Gasteiger partial charge >= 0.3 is 0 Å². The van der Waals surface area contributed by atoms with Gasteiger partial charge < -0.3 is 9.47 Å². The fourth-order valence-corrected chi connectivity index (χ4v) is 3.85. The van der Waals surface area contributed by atoms with Crippen LogP contribution >= 0.6 is 11.3 Å². The largest absolute Gasteiger partial charge is 0.493 e. The van der Waals surface area contributed by atoms with Gasteiger partial charge in [0.05, 0.1) is 18.8 Å². The summed E-state index contributed by atoms with van der Waals surface area (Å²) < 4.78 is 12.8. The van der Waals surface area contributed by atoms with Crippen LogP contribution in [0.5, 0.6) is 11.5 Å². The Kier molecular flexibility index (Phi) is 4.37. The molecule has 4 rings (SSSR count). The number of rotatable bonds is 4. The number of hydrogen-bond donors (Lipinski definition) is 0. The second kappa shape index (κ2) is 6.85. The van der Waals surface area contributed by atoms with Crippen LogP contribution < -0.4 is 19.6 Å². The summed E-state index contributed by atoms with van der Waals surface area (Å²) in [4.78, 5) is 13.5. The topological polar surface area (TPSA) is 65.7 Å². The fourth-order valence-electron chi connectivity index (χ4n) is 2.94. The van der Waals surface area contributed by atoms with Crippen molar-refractivity contribution in [2.45, 2.75) is 6.92 Å². The van der Waals surface area contributed by atoms with Gasteiger partial charge in [-0.2, -0.15) is 0 Å². The molecule has 0 aliphatic carbocycles. The predicted octanol–water partition coefficient (Wildman–Crippen LogP) is 2.69. The molecular formula is C20H17N3O3S. The van der Waals surface area contributed by atoms with Crippen LogP contribution in [0.4, 0.5) is 0 Å². The van der Waals surface area contributed by atoms with E-state index < -0.39 is 0 Å². The summed E-state index contributed by atoms with van der Waals surface area (Å²) in [5.41, 5.74) is 2.73. The average molecular weight is 379 g/mol. The monoisotopic (exact) mass is 379 g/mol. The van der Waals surface area contributed by atoms with Crippen LogP contribution in [-0.2, 0) is 0 Å². The Morgan fingerprint density at radius 2 is 1.85 bits per heavy atom. The van der Waals surface area contributed by atoms with E-state index in [0.29, 0.717) is 26.8 Å². The van der Waals surface area contributed by atoms with Gasteiger partial charge in [-0.1, -0.05) is 41.2 Å². The molecule has 0 aliphatic rings. The van der Waals surface area contributed by atoms with Crippen molar-refractivity contribution < 1.29 is 9.47 Å². The highest BCUT2D eigenvalue weighted by Crippen LogP contribution is 2.31. The second-order valence-electron chi connectivity index (χ2n) is 6.04. The van der Waals surface area contributed by atoms with Gasteiger partial charge in [-0.25, -0.2) is 4.40 Å². The third kappa shape index (κ3) is 3.06. The van der Waals surface area contributed by atoms with Crippen molar-refractivity contribution in [1.29, 1.82) is 0 Å². The number of fused-ring (bicyclic) bond motifs is 1. The Labute approximate surface area is 159 Å². The fraction of sp³-hybridized carbons (Fsp3) is 0.150. The first-order valence-electron chi connectivity index (χ1n) is 8.29. The average Bonchev–Trinajstić information content (AvgIpc) is 3.22. The minimum atomic E-state index is -0.133. The molecule has 136 valence electrons. The van der Waals surface area contributed by atoms with Crippen molar-refractivity contribution in [1.82, 2.24) is 14.6 Å². The van der Waals surface area contributed by atoms with Crippen LogP contribution in [0.1, 0.15) is 11.1 Å². The van der Waals surface area contributed by atoms with E-state index in [1.165, 1.54) is 15.7 Å². The molecule has 0 saturated heterocycles. The van der Waals surface area contributed by atoms with Crippen molar-refractivity contribution in [3.05, 3.63) is 68.5 Å². The molecule has 0 bridgehead atoms. The maximum atomic E-state index is 13.0. The highest BCUT2D eigenvalue weighted by atomic mass is 32.1. The number of nitrogens with zero attached hydrogens (tertiary/aromatic N) is 3. The van der Waals surface area contributed by atoms with Gasteiger partial charge in [0.2, 0.25) is 4.96 Å². The summed E-state index contributed by atoms with van der Waals surface area (Å²) in [5.74, 6) is 1.67. The second-order valence-corrected chi connectivity index (χ2v) is 7.05. The molecule has 2 heterocycles. The molecule has 0 atom stereocenters. The molecule has 6 nitrogen and oxygen atoms in total. The van der Waals surface area contributed by atoms with Crippen LogP contribution in [0.25, 0.3) is 22.4 Å². The maximum Gasteiger partial charge on any atom is 0.276 e. The maximum absolute atomic E-state index is 13.0. The van der Waals surface area contributed by atoms with Crippen LogP contribution in [-0.4, -0.2) is 28.8 Å². The number of aromatic nitrogens is 3. The number of benzene rings is 2. The molecule has 4 aromatic rings. The summed E-state index contributed by atoms with van der Waals surface area (Å²) in [6.45, 7) is 2.02. The highest BCUT2D eigenvalue weighted by molar-refractivity contribution is 7.15. The third-order valence-corrected chi connectivity index (χ3v) is 5.19. The summed E-state index contributed by atoms with van der Waals surface area (Å²) in [6.07, 6.45) is 1.88. The van der Waals surface area contributed by atoms with Crippen LogP contribution in [0.3, 0.4) is 0 Å². The van der Waals surface area contributed by atoms with Crippen molar-refractivity contribution >= 4 is 22.4 Å². The number of aryl methyl sites for hydroxylation is 1. The summed E-state index contributed by atoms with van der Waals surface area (Å²) in [5, 5.41) is 8.37. The molecule has 0 radical (unpaired) electrons. The van der Waals surface area contributed by atoms with E-state index in [1.54, 1.807) is 26.4 Å². The van der Waals surface area contributed by atoms with E-state index in [1.807, 2.05) is 43.3 Å². The smallest absolute Gasteiger partial charge is 0.276 e. The molecule has 2 aromatic heterocycles. The Balaban J connectivity index is 1.88. The summed E-state index contributed by atoms with van der Waals surface area (Å²) in [7, 11) is 3.15. The van der Waals surface area contributed by atoms with Gasteiger partial charge in [-0.3, -0.25) is 4.79 Å². The lowest BCUT2D eigenvalue weighted by Gasteiger charge is -2.08. The lowest BCUT2D eigenvalue weighted by molar-refractivity contribution is 0.355. The van der Waals surface area contributed by atoms with Gasteiger partial charge in [0.25, 0.3) is 5.56 Å². The molecule has 2 aromatic carbocycles. The van der Waals surface area contributed by atoms with E-state index in [4.69, 9.17) is 9.47 Å². The van der Waals surface area contributed by atoms with E-state index >= 15 is 0 Å². The Morgan fingerprint density at radius 3 is 2.59 bits per heavy atom. The lowest BCUT2D eigenvalue weighted by Crippen LogP contribution is -2.23. The molecule has 0 N–H and O–H groups in total. The van der Waals surface area contributed by atoms with Crippen molar-refractivity contribution in [3.63, 3.8) is 0 Å². The predicted molar refractivity (Wildman–Crippen MR) is 106 cm³/mol. The zero-order valence-corrected chi connectivity index (χ0v) is 15.9. The summed E-state index contributed by atoms with van der Waals surface area (Å²) in [6, 6.07) is 13.4. The first-order chi connectivity index (χ1) is 13.1. The lowest BCUT2D eigenvalue weighted by atomic mass is 10.1. The summed E-state index contributed by atoms with van der Waals surface area (Å²) >= 11 is 1.32. The molecule has 0 spiro atoms. The van der Waals surface area contributed by atoms with Crippen molar-refractivity contribution in [2.24, 2.45) is 0 Å². The van der Waals surface area contributed by atoms with Crippen LogP contribution in [0.15, 0.2) is 47.3 Å². The Hall–Kier alpha value is -3.19. The molecule has 0 amide bonds. The first-order valence-corrected chi connectivity index (χ1v) is 9.11. The van der Waals surface area contributed by atoms with Crippen molar-refractivity contribution in [2.75, 3.05) is 14.2 Å². The first kappa shape index (κ1) is 17.2.